The summed E-state index contributed by atoms with van der Waals surface area (Å²) in [7, 11) is -2.12. The van der Waals surface area contributed by atoms with Crippen molar-refractivity contribution in [2.45, 2.75) is 57.0 Å². The van der Waals surface area contributed by atoms with Gasteiger partial charge in [-0.1, -0.05) is 32.5 Å². The van der Waals surface area contributed by atoms with Gasteiger partial charge in [-0.15, -0.1) is 0 Å². The van der Waals surface area contributed by atoms with Crippen molar-refractivity contribution in [2.24, 2.45) is 0 Å². The number of carboxylic acid groups (broad SMARTS) is 1. The van der Waals surface area contributed by atoms with Gasteiger partial charge in [-0.2, -0.15) is 0 Å². The second-order valence-corrected chi connectivity index (χ2v) is 15.9. The van der Waals surface area contributed by atoms with E-state index in [2.05, 4.69) is 54.8 Å². The Labute approximate surface area is 192 Å². The number of thioether (sulfide) groups is 1. The van der Waals surface area contributed by atoms with Crippen molar-refractivity contribution in [2.75, 3.05) is 19.3 Å². The minimum atomic E-state index is -2.12. The van der Waals surface area contributed by atoms with Gasteiger partial charge in [0.25, 0.3) is 0 Å². The molecule has 1 aromatic rings. The van der Waals surface area contributed by atoms with Crippen LogP contribution < -0.4 is 0 Å². The third kappa shape index (κ3) is 5.93. The maximum Gasteiger partial charge on any atom is 0.407 e. The number of ether oxygens (including phenoxy) is 1. The first kappa shape index (κ1) is 24.6. The Morgan fingerprint density at radius 3 is 2.59 bits per heavy atom. The van der Waals surface area contributed by atoms with E-state index >= 15 is 0 Å². The van der Waals surface area contributed by atoms with Gasteiger partial charge < -0.3 is 19.2 Å². The first-order chi connectivity index (χ1) is 13.3. The highest BCUT2D eigenvalue weighted by Gasteiger charge is 2.49. The molecular weight excluding hydrogens is 492 g/mol. The largest absolute Gasteiger partial charge is 0.465 e. The molecule has 1 saturated heterocycles. The molecule has 1 N–H and O–H groups in total. The minimum Gasteiger partial charge on any atom is -0.465 e. The summed E-state index contributed by atoms with van der Waals surface area (Å²) in [6.07, 6.45) is 2.70. The molecule has 0 bridgehead atoms. The molecule has 1 aliphatic heterocycles. The third-order valence-corrected chi connectivity index (χ3v) is 11.6. The molecule has 2 rings (SSSR count). The summed E-state index contributed by atoms with van der Waals surface area (Å²) in [6, 6.07) is 3.72. The van der Waals surface area contributed by atoms with E-state index in [4.69, 9.17) is 21.4 Å². The van der Waals surface area contributed by atoms with Crippen molar-refractivity contribution in [1.29, 1.82) is 0 Å². The average molecular weight is 522 g/mol. The van der Waals surface area contributed by atoms with Crippen LogP contribution in [0.25, 0.3) is 0 Å². The van der Waals surface area contributed by atoms with Gasteiger partial charge >= 0.3 is 6.09 Å². The lowest BCUT2D eigenvalue weighted by Crippen LogP contribution is -2.58. The zero-order valence-corrected chi connectivity index (χ0v) is 21.9. The summed E-state index contributed by atoms with van der Waals surface area (Å²) >= 11 is 10.1. The van der Waals surface area contributed by atoms with Crippen LogP contribution in [-0.4, -0.2) is 59.2 Å². The van der Waals surface area contributed by atoms with Crippen molar-refractivity contribution in [1.82, 2.24) is 9.88 Å². The molecule has 2 atom stereocenters. The van der Waals surface area contributed by atoms with Crippen LogP contribution in [0.5, 0.6) is 0 Å². The number of hydrogen-bond donors (Lipinski definition) is 1. The number of pyridine rings is 1. The van der Waals surface area contributed by atoms with Gasteiger partial charge in [-0.05, 0) is 64.7 Å². The number of aromatic nitrogens is 1. The van der Waals surface area contributed by atoms with Gasteiger partial charge in [0.1, 0.15) is 0 Å². The molecule has 162 valence electrons. The Bertz CT molecular complexity index is 758. The van der Waals surface area contributed by atoms with E-state index in [9.17, 15) is 9.90 Å². The molecule has 10 heteroatoms. The van der Waals surface area contributed by atoms with Gasteiger partial charge in [0.2, 0.25) is 4.38 Å². The molecule has 1 aliphatic rings. The Hall–Kier alpha value is -0.683. The smallest absolute Gasteiger partial charge is 0.407 e. The lowest BCUT2D eigenvalue weighted by molar-refractivity contribution is -0.0625. The maximum absolute atomic E-state index is 12.0. The Balaban J connectivity index is 2.48. The van der Waals surface area contributed by atoms with E-state index in [1.54, 1.807) is 6.20 Å². The number of piperidine rings is 1. The number of likely N-dealkylation sites (tertiary alicyclic amines) is 1. The van der Waals surface area contributed by atoms with E-state index in [-0.39, 0.29) is 17.7 Å². The number of thiocarbonyl (C=S) groups is 1. The summed E-state index contributed by atoms with van der Waals surface area (Å²) in [4.78, 5) is 17.8. The Kier molecular flexibility index (Phi) is 7.81. The maximum atomic E-state index is 12.0. The van der Waals surface area contributed by atoms with Crippen LogP contribution in [0.3, 0.4) is 0 Å². The quantitative estimate of drug-likeness (QED) is 0.416. The lowest BCUT2D eigenvalue weighted by atomic mass is 9.87. The molecule has 1 aromatic heterocycles. The van der Waals surface area contributed by atoms with Gasteiger partial charge in [0.05, 0.1) is 18.3 Å². The molecule has 1 unspecified atom stereocenters. The fourth-order valence-electron chi connectivity index (χ4n) is 3.09. The van der Waals surface area contributed by atoms with Gasteiger partial charge in [-0.3, -0.25) is 4.98 Å². The fraction of sp³-hybridized carbons (Fsp3) is 0.632. The second-order valence-electron chi connectivity index (χ2n) is 8.78. The van der Waals surface area contributed by atoms with Crippen LogP contribution in [0.2, 0.25) is 18.1 Å². The summed E-state index contributed by atoms with van der Waals surface area (Å²) in [5.41, 5.74) is -0.350. The number of hydrogen-bond acceptors (Lipinski definition) is 6. The zero-order valence-electron chi connectivity index (χ0n) is 17.7. The van der Waals surface area contributed by atoms with Crippen molar-refractivity contribution in [3.05, 3.63) is 28.5 Å². The van der Waals surface area contributed by atoms with E-state index in [0.29, 0.717) is 23.0 Å². The van der Waals surface area contributed by atoms with E-state index in [1.807, 2.05) is 18.4 Å². The number of halogens is 1. The molecule has 0 aromatic carbocycles. The summed E-state index contributed by atoms with van der Waals surface area (Å²) in [6.45, 7) is 11.3. The van der Waals surface area contributed by atoms with Crippen molar-refractivity contribution < 1.29 is 19.1 Å². The first-order valence-electron chi connectivity index (χ1n) is 9.34. The Morgan fingerprint density at radius 1 is 1.45 bits per heavy atom. The average Bonchev–Trinajstić information content (AvgIpc) is 2.60. The van der Waals surface area contributed by atoms with Crippen molar-refractivity contribution >= 4 is 58.7 Å². The van der Waals surface area contributed by atoms with E-state index in [0.717, 1.165) is 4.47 Å². The molecule has 29 heavy (non-hydrogen) atoms. The summed E-state index contributed by atoms with van der Waals surface area (Å²) < 4.78 is 14.0. The predicted octanol–water partition coefficient (Wildman–Crippen LogP) is 5.48. The molecule has 0 saturated carbocycles. The molecule has 1 fully saturated rings. The second kappa shape index (κ2) is 9.21. The Morgan fingerprint density at radius 2 is 2.10 bits per heavy atom. The molecule has 1 amide bonds. The molecular formula is C19H29BrN2O4S2Si. The van der Waals surface area contributed by atoms with Crippen molar-refractivity contribution in [3.63, 3.8) is 0 Å². The molecule has 6 nitrogen and oxygen atoms in total. The monoisotopic (exact) mass is 520 g/mol. The normalized spacial score (nSPS) is 23.0. The van der Waals surface area contributed by atoms with Gasteiger partial charge in [-0.25, -0.2) is 4.79 Å². The third-order valence-electron chi connectivity index (χ3n) is 5.61. The van der Waals surface area contributed by atoms with Crippen LogP contribution >= 0.6 is 39.9 Å². The van der Waals surface area contributed by atoms with Gasteiger partial charge in [0, 0.05) is 23.6 Å². The van der Waals surface area contributed by atoms with E-state index in [1.165, 1.54) is 16.7 Å². The number of carbonyl (C=O) groups is 1. The summed E-state index contributed by atoms with van der Waals surface area (Å²) in [5, 5.41) is 9.80. The minimum absolute atomic E-state index is 0.00640. The topological polar surface area (TPSA) is 71.9 Å². The first-order valence-corrected chi connectivity index (χ1v) is 14.7. The highest BCUT2D eigenvalue weighted by atomic mass is 79.9. The summed E-state index contributed by atoms with van der Waals surface area (Å²) in [5.74, 6) is 0. The molecule has 0 aliphatic carbocycles. The number of nitrogens with zero attached hydrogens (tertiary/aromatic N) is 2. The van der Waals surface area contributed by atoms with Crippen LogP contribution in [0.1, 0.15) is 32.9 Å². The van der Waals surface area contributed by atoms with Gasteiger partial charge in [0.15, 0.2) is 13.9 Å². The van der Waals surface area contributed by atoms with Crippen LogP contribution in [-0.2, 0) is 14.8 Å². The number of rotatable bonds is 4. The fourth-order valence-corrected chi connectivity index (χ4v) is 5.07. The lowest BCUT2D eigenvalue weighted by Gasteiger charge is -2.47. The van der Waals surface area contributed by atoms with E-state index < -0.39 is 20.0 Å². The van der Waals surface area contributed by atoms with Crippen LogP contribution in [0.15, 0.2) is 22.8 Å². The SMILES string of the molecule is CSC(=S)OC1(c2ccc(Br)cn2)C[C@@H](O[Si](C)(C)C(C)(C)C)CN(C(=O)O)C1. The molecule has 2 heterocycles. The van der Waals surface area contributed by atoms with Crippen molar-refractivity contribution in [3.8, 4) is 0 Å². The molecule has 0 spiro atoms. The predicted molar refractivity (Wildman–Crippen MR) is 127 cm³/mol. The molecule has 0 radical (unpaired) electrons. The zero-order chi connectivity index (χ0) is 22.0. The standard InChI is InChI=1S/C19H29BrN2O4S2Si/c1-18(2,3)29(5,6)26-14-9-19(25-17(27)28-4,12-22(11-14)16(23)24)15-8-7-13(20)10-21-15/h7-8,10,14H,9,11-12H2,1-6H3,(H,23,24)/t14-,19?/m1/s1. The highest BCUT2D eigenvalue weighted by Crippen LogP contribution is 2.42. The highest BCUT2D eigenvalue weighted by molar-refractivity contribution is 9.10. The van der Waals surface area contributed by atoms with Crippen LogP contribution in [0, 0.1) is 0 Å². The number of amides is 1. The van der Waals surface area contributed by atoms with Crippen LogP contribution in [0.4, 0.5) is 4.79 Å².